The summed E-state index contributed by atoms with van der Waals surface area (Å²) in [5, 5.41) is 6.93. The lowest BCUT2D eigenvalue weighted by atomic mass is 9.97. The molecule has 0 radical (unpaired) electrons. The zero-order chi connectivity index (χ0) is 28.6. The Bertz CT molecular complexity index is 1500. The van der Waals surface area contributed by atoms with Gasteiger partial charge in [0.05, 0.1) is 35.5 Å². The molecular weight excluding hydrogens is 557 g/mol. The summed E-state index contributed by atoms with van der Waals surface area (Å²) in [5.74, 6) is 2.87. The molecule has 220 valence electrons. The van der Waals surface area contributed by atoms with E-state index in [9.17, 15) is 9.18 Å². The van der Waals surface area contributed by atoms with E-state index in [4.69, 9.17) is 21.1 Å². The summed E-state index contributed by atoms with van der Waals surface area (Å²) in [6.07, 6.45) is 12.6. The molecule has 8 nitrogen and oxygen atoms in total. The summed E-state index contributed by atoms with van der Waals surface area (Å²) in [7, 11) is 0. The number of hydrogen-bond acceptors (Lipinski definition) is 7. The summed E-state index contributed by atoms with van der Waals surface area (Å²) < 4.78 is 25.8. The van der Waals surface area contributed by atoms with E-state index in [1.807, 2.05) is 18.2 Å². The molecular formula is C32H35ClFN5O3. The molecule has 3 aromatic rings. The third kappa shape index (κ3) is 5.82. The Balaban J connectivity index is 1.10. The van der Waals surface area contributed by atoms with Crippen LogP contribution >= 0.6 is 11.6 Å². The number of benzene rings is 2. The molecule has 4 atom stereocenters. The zero-order valence-corrected chi connectivity index (χ0v) is 24.2. The summed E-state index contributed by atoms with van der Waals surface area (Å²) in [5.41, 5.74) is 1.80. The van der Waals surface area contributed by atoms with Gasteiger partial charge in [-0.15, -0.1) is 0 Å². The first-order valence-corrected chi connectivity index (χ1v) is 15.4. The molecule has 4 heterocycles. The van der Waals surface area contributed by atoms with E-state index in [1.54, 1.807) is 12.1 Å². The summed E-state index contributed by atoms with van der Waals surface area (Å²) in [6, 6.07) is 8.50. The normalized spacial score (nSPS) is 26.5. The molecule has 2 saturated carbocycles. The second kappa shape index (κ2) is 11.8. The van der Waals surface area contributed by atoms with Crippen molar-refractivity contribution in [1.82, 2.24) is 14.9 Å². The van der Waals surface area contributed by atoms with E-state index in [0.717, 1.165) is 50.2 Å². The van der Waals surface area contributed by atoms with E-state index < -0.39 is 5.82 Å². The fourth-order valence-corrected chi connectivity index (χ4v) is 7.32. The third-order valence-electron chi connectivity index (χ3n) is 9.38. The number of carbonyl (C=O) groups excluding carboxylic acids is 1. The Hall–Kier alpha value is -3.27. The van der Waals surface area contributed by atoms with Gasteiger partial charge in [-0.25, -0.2) is 14.4 Å². The predicted molar refractivity (Wildman–Crippen MR) is 161 cm³/mol. The van der Waals surface area contributed by atoms with Gasteiger partial charge in [0.1, 0.15) is 23.7 Å². The number of morpholine rings is 1. The molecule has 1 amide bonds. The van der Waals surface area contributed by atoms with Crippen molar-refractivity contribution in [2.24, 2.45) is 17.8 Å². The minimum atomic E-state index is -0.495. The fraction of sp³-hybridized carbons (Fsp3) is 0.469. The van der Waals surface area contributed by atoms with Crippen molar-refractivity contribution in [2.75, 3.05) is 36.9 Å². The number of halogens is 2. The van der Waals surface area contributed by atoms with Crippen LogP contribution in [0.4, 0.5) is 21.6 Å². The molecule has 42 heavy (non-hydrogen) atoms. The molecule has 3 saturated heterocycles. The van der Waals surface area contributed by atoms with E-state index in [2.05, 4.69) is 25.5 Å². The summed E-state index contributed by atoms with van der Waals surface area (Å²) in [4.78, 5) is 24.3. The van der Waals surface area contributed by atoms with Crippen molar-refractivity contribution in [3.05, 3.63) is 59.7 Å². The molecule has 2 aliphatic carbocycles. The van der Waals surface area contributed by atoms with E-state index in [1.165, 1.54) is 37.7 Å². The number of amides is 1. The first-order valence-electron chi connectivity index (χ1n) is 15.0. The molecule has 10 heteroatoms. The van der Waals surface area contributed by atoms with E-state index >= 15 is 0 Å². The van der Waals surface area contributed by atoms with Gasteiger partial charge in [0.2, 0.25) is 5.91 Å². The van der Waals surface area contributed by atoms with Crippen LogP contribution in [0.25, 0.3) is 10.9 Å². The Kier molecular flexibility index (Phi) is 7.73. The highest BCUT2D eigenvalue weighted by Gasteiger charge is 2.51. The van der Waals surface area contributed by atoms with Crippen LogP contribution < -0.4 is 15.4 Å². The van der Waals surface area contributed by atoms with Gasteiger partial charge in [0, 0.05) is 42.3 Å². The number of nitrogens with zero attached hydrogens (tertiary/aromatic N) is 3. The second-order valence-electron chi connectivity index (χ2n) is 11.9. The number of carbonyl (C=O) groups is 1. The lowest BCUT2D eigenvalue weighted by Crippen LogP contribution is -2.54. The maximum Gasteiger partial charge on any atom is 0.248 e. The maximum absolute atomic E-state index is 13.7. The Labute approximate surface area is 249 Å². The van der Waals surface area contributed by atoms with Crippen LogP contribution in [0.15, 0.2) is 48.8 Å². The first kappa shape index (κ1) is 27.6. The predicted octanol–water partition coefficient (Wildman–Crippen LogP) is 6.34. The number of hydrogen-bond donors (Lipinski definition) is 2. The third-order valence-corrected chi connectivity index (χ3v) is 9.67. The van der Waals surface area contributed by atoms with Crippen molar-refractivity contribution in [3.63, 3.8) is 0 Å². The standard InChI is InChI=1S/C32H35ClFN5O3/c33-26-13-19(6-9-27(26)34)37-32-25-14-29(38-31(40)5-2-11-39-16-21-8-7-20(39)17-42-21)30(15-28(25)35-18-36-32)41-12-10-24-22-3-1-4-23(22)24/h2,5-6,9,13-15,18,20-24H,1,3-4,7-8,10-12,16-17H2,(H,38,40)(H,35,36,37)/b5-2+. The smallest absolute Gasteiger partial charge is 0.248 e. The number of aromatic nitrogens is 2. The summed E-state index contributed by atoms with van der Waals surface area (Å²) >= 11 is 5.99. The molecule has 8 rings (SSSR count). The van der Waals surface area contributed by atoms with Crippen molar-refractivity contribution < 1.29 is 18.7 Å². The van der Waals surface area contributed by atoms with Crippen LogP contribution in [0.2, 0.25) is 5.02 Å². The topological polar surface area (TPSA) is 88.6 Å². The lowest BCUT2D eigenvalue weighted by Gasteiger charge is -2.44. The second-order valence-corrected chi connectivity index (χ2v) is 12.3. The van der Waals surface area contributed by atoms with Gasteiger partial charge in [-0.05, 0) is 74.1 Å². The van der Waals surface area contributed by atoms with Crippen molar-refractivity contribution in [1.29, 1.82) is 0 Å². The van der Waals surface area contributed by atoms with Crippen LogP contribution in [0.3, 0.4) is 0 Å². The Morgan fingerprint density at radius 1 is 1.17 bits per heavy atom. The quantitative estimate of drug-likeness (QED) is 0.266. The van der Waals surface area contributed by atoms with Crippen LogP contribution in [-0.4, -0.2) is 59.2 Å². The lowest BCUT2D eigenvalue weighted by molar-refractivity contribution is -0.112. The van der Waals surface area contributed by atoms with Crippen molar-refractivity contribution in [3.8, 4) is 5.75 Å². The van der Waals surface area contributed by atoms with Gasteiger partial charge in [0.15, 0.2) is 0 Å². The van der Waals surface area contributed by atoms with Gasteiger partial charge in [-0.1, -0.05) is 24.1 Å². The fourth-order valence-electron chi connectivity index (χ4n) is 7.14. The average molecular weight is 592 g/mol. The van der Waals surface area contributed by atoms with E-state index in [0.29, 0.717) is 59.1 Å². The summed E-state index contributed by atoms with van der Waals surface area (Å²) in [6.45, 7) is 2.99. The average Bonchev–Trinajstić information content (AvgIpc) is 3.40. The van der Waals surface area contributed by atoms with Crippen molar-refractivity contribution >= 4 is 45.6 Å². The molecule has 0 spiro atoms. The van der Waals surface area contributed by atoms with Gasteiger partial charge in [0.25, 0.3) is 0 Å². The van der Waals surface area contributed by atoms with Gasteiger partial charge >= 0.3 is 0 Å². The van der Waals surface area contributed by atoms with Gasteiger partial charge in [-0.3, -0.25) is 9.69 Å². The highest BCUT2D eigenvalue weighted by atomic mass is 35.5. The molecule has 5 aliphatic rings. The van der Waals surface area contributed by atoms with E-state index in [-0.39, 0.29) is 10.9 Å². The monoisotopic (exact) mass is 591 g/mol. The largest absolute Gasteiger partial charge is 0.491 e. The molecule has 5 fully saturated rings. The van der Waals surface area contributed by atoms with Crippen LogP contribution in [0.5, 0.6) is 5.75 Å². The van der Waals surface area contributed by atoms with Gasteiger partial charge in [-0.2, -0.15) is 0 Å². The number of anilines is 3. The van der Waals surface area contributed by atoms with Crippen LogP contribution in [-0.2, 0) is 9.53 Å². The number of rotatable bonds is 10. The highest BCUT2D eigenvalue weighted by Crippen LogP contribution is 2.59. The minimum Gasteiger partial charge on any atom is -0.491 e. The molecule has 3 aliphatic heterocycles. The van der Waals surface area contributed by atoms with Crippen LogP contribution in [0, 0.1) is 23.6 Å². The maximum atomic E-state index is 13.7. The first-order chi connectivity index (χ1) is 20.5. The Morgan fingerprint density at radius 2 is 2.05 bits per heavy atom. The molecule has 2 bridgehead atoms. The van der Waals surface area contributed by atoms with Crippen molar-refractivity contribution in [2.45, 2.75) is 50.7 Å². The SMILES string of the molecule is O=C(/C=C/CN1CC2CCC1CO2)Nc1cc2c(Nc3ccc(F)c(Cl)c3)ncnc2cc1OCCC1C2CCCC21. The van der Waals surface area contributed by atoms with Crippen LogP contribution in [0.1, 0.15) is 38.5 Å². The zero-order valence-electron chi connectivity index (χ0n) is 23.4. The number of fused-ring (bicyclic) bond motifs is 5. The molecule has 2 N–H and O–H groups in total. The number of ether oxygens (including phenoxy) is 2. The molecule has 4 unspecified atom stereocenters. The molecule has 2 aromatic carbocycles. The Morgan fingerprint density at radius 3 is 2.81 bits per heavy atom. The molecule has 1 aromatic heterocycles. The highest BCUT2D eigenvalue weighted by molar-refractivity contribution is 6.31. The number of piperidine rings is 1. The van der Waals surface area contributed by atoms with Gasteiger partial charge < -0.3 is 20.1 Å². The minimum absolute atomic E-state index is 0.0125. The number of nitrogens with one attached hydrogen (secondary N) is 2.